The lowest BCUT2D eigenvalue weighted by molar-refractivity contribution is -0.142. The van der Waals surface area contributed by atoms with E-state index in [2.05, 4.69) is 0 Å². The fourth-order valence-corrected chi connectivity index (χ4v) is 4.38. The van der Waals surface area contributed by atoms with Crippen molar-refractivity contribution in [3.05, 3.63) is 35.6 Å². The van der Waals surface area contributed by atoms with E-state index in [-0.39, 0.29) is 32.8 Å². The van der Waals surface area contributed by atoms with Gasteiger partial charge in [-0.05, 0) is 30.5 Å². The maximum Gasteiger partial charge on any atom is 0.307 e. The van der Waals surface area contributed by atoms with Crippen molar-refractivity contribution in [3.63, 3.8) is 0 Å². The maximum absolute atomic E-state index is 13.0. The third-order valence-corrected chi connectivity index (χ3v) is 5.96. The fraction of sp³-hybridized carbons (Fsp3) is 0.533. The molecule has 0 bridgehead atoms. The van der Waals surface area contributed by atoms with E-state index in [1.54, 1.807) is 0 Å². The summed E-state index contributed by atoms with van der Waals surface area (Å²) in [5, 5.41) is 18.3. The first-order valence-electron chi connectivity index (χ1n) is 7.68. The number of aliphatic carboxylic acids is 1. The van der Waals surface area contributed by atoms with Crippen LogP contribution < -0.4 is 0 Å². The average Bonchev–Trinajstić information content (AvgIpc) is 2.56. The van der Waals surface area contributed by atoms with Gasteiger partial charge in [0.1, 0.15) is 5.82 Å². The minimum atomic E-state index is -3.91. The predicted octanol–water partition coefficient (Wildman–Crippen LogP) is 0.661. The van der Waals surface area contributed by atoms with E-state index in [1.807, 2.05) is 0 Å². The summed E-state index contributed by atoms with van der Waals surface area (Å²) in [6, 6.07) is 5.43. The number of carboxylic acid groups (broad SMARTS) is 1. The Labute approximate surface area is 140 Å². The van der Waals surface area contributed by atoms with E-state index in [1.165, 1.54) is 24.3 Å². The highest BCUT2D eigenvalue weighted by molar-refractivity contribution is 7.86. The van der Waals surface area contributed by atoms with Gasteiger partial charge in [-0.25, -0.2) is 4.39 Å². The van der Waals surface area contributed by atoms with Crippen LogP contribution >= 0.6 is 0 Å². The van der Waals surface area contributed by atoms with Crippen molar-refractivity contribution in [3.8, 4) is 0 Å². The first-order valence-corrected chi connectivity index (χ1v) is 9.07. The molecule has 134 valence electrons. The molecule has 1 aromatic rings. The molecule has 0 spiro atoms. The van der Waals surface area contributed by atoms with Gasteiger partial charge >= 0.3 is 5.97 Å². The van der Waals surface area contributed by atoms with Gasteiger partial charge in [0.15, 0.2) is 0 Å². The van der Waals surface area contributed by atoms with Gasteiger partial charge in [0.2, 0.25) is 0 Å². The molecule has 2 rings (SSSR count). The summed E-state index contributed by atoms with van der Waals surface area (Å²) in [5.74, 6) is -2.16. The van der Waals surface area contributed by atoms with Crippen LogP contribution in [0.5, 0.6) is 0 Å². The Morgan fingerprint density at radius 1 is 1.33 bits per heavy atom. The first kappa shape index (κ1) is 18.8. The topological polar surface area (TPSA) is 98.2 Å². The van der Waals surface area contributed by atoms with Gasteiger partial charge in [-0.2, -0.15) is 17.0 Å². The number of nitrogens with zero attached hydrogens (tertiary/aromatic N) is 2. The van der Waals surface area contributed by atoms with Gasteiger partial charge in [-0.1, -0.05) is 12.1 Å². The Hall–Kier alpha value is -1.55. The molecule has 24 heavy (non-hydrogen) atoms. The number of rotatable bonds is 7. The Morgan fingerprint density at radius 2 is 2.00 bits per heavy atom. The molecule has 1 heterocycles. The zero-order valence-corrected chi connectivity index (χ0v) is 14.0. The molecule has 0 aliphatic carbocycles. The quantitative estimate of drug-likeness (QED) is 0.744. The number of carbonyl (C=O) groups is 1. The van der Waals surface area contributed by atoms with Crippen LogP contribution in [0.1, 0.15) is 18.4 Å². The van der Waals surface area contributed by atoms with E-state index in [0.29, 0.717) is 18.4 Å². The van der Waals surface area contributed by atoms with Crippen molar-refractivity contribution in [2.75, 3.05) is 26.2 Å². The predicted molar refractivity (Wildman–Crippen MR) is 84.7 cm³/mol. The molecule has 1 fully saturated rings. The second-order valence-corrected chi connectivity index (χ2v) is 7.66. The molecule has 0 radical (unpaired) electrons. The molecular formula is C15H21FN2O5S. The molecule has 0 saturated carbocycles. The molecule has 1 unspecified atom stereocenters. The van der Waals surface area contributed by atoms with Crippen molar-refractivity contribution >= 4 is 16.2 Å². The van der Waals surface area contributed by atoms with Crippen molar-refractivity contribution in [1.82, 2.24) is 8.61 Å². The summed E-state index contributed by atoms with van der Waals surface area (Å²) < 4.78 is 40.8. The maximum atomic E-state index is 13.0. The summed E-state index contributed by atoms with van der Waals surface area (Å²) >= 11 is 0. The van der Waals surface area contributed by atoms with Crippen molar-refractivity contribution in [1.29, 1.82) is 0 Å². The van der Waals surface area contributed by atoms with Crippen LogP contribution in [0.3, 0.4) is 0 Å². The van der Waals surface area contributed by atoms with Crippen molar-refractivity contribution in [2.24, 2.45) is 5.92 Å². The van der Waals surface area contributed by atoms with Crippen LogP contribution in [0.25, 0.3) is 0 Å². The largest absolute Gasteiger partial charge is 0.481 e. The third kappa shape index (κ3) is 4.50. The lowest BCUT2D eigenvalue weighted by Crippen LogP contribution is -2.49. The highest BCUT2D eigenvalue weighted by Gasteiger charge is 2.35. The monoisotopic (exact) mass is 360 g/mol. The standard InChI is InChI=1S/C15H21FN2O5S/c16-14-5-3-12(4-6-14)10-18(8-9-19)24(22,23)17-7-1-2-13(11-17)15(20)21/h3-6,13,19H,1-2,7-11H2,(H,20,21). The minimum absolute atomic E-state index is 0.0165. The van der Waals surface area contributed by atoms with Crippen LogP contribution in [0.4, 0.5) is 4.39 Å². The van der Waals surface area contributed by atoms with Gasteiger partial charge in [0.25, 0.3) is 10.2 Å². The molecule has 1 aliphatic heterocycles. The molecular weight excluding hydrogens is 339 g/mol. The minimum Gasteiger partial charge on any atom is -0.481 e. The normalized spacial score (nSPS) is 19.5. The van der Waals surface area contributed by atoms with Crippen LogP contribution in [-0.2, 0) is 21.5 Å². The summed E-state index contributed by atoms with van der Waals surface area (Å²) in [6.45, 7) is -0.331. The molecule has 7 nitrogen and oxygen atoms in total. The molecule has 0 amide bonds. The highest BCUT2D eigenvalue weighted by atomic mass is 32.2. The number of halogens is 1. The molecule has 1 aromatic carbocycles. The molecule has 9 heteroatoms. The van der Waals surface area contributed by atoms with Gasteiger partial charge in [0.05, 0.1) is 12.5 Å². The van der Waals surface area contributed by atoms with E-state index in [0.717, 1.165) is 8.61 Å². The van der Waals surface area contributed by atoms with E-state index in [9.17, 15) is 22.7 Å². The smallest absolute Gasteiger partial charge is 0.307 e. The molecule has 2 N–H and O–H groups in total. The summed E-state index contributed by atoms with van der Waals surface area (Å²) in [7, 11) is -3.91. The van der Waals surface area contributed by atoms with Crippen LogP contribution in [0.15, 0.2) is 24.3 Å². The number of hydrogen-bond donors (Lipinski definition) is 2. The zero-order chi connectivity index (χ0) is 17.7. The summed E-state index contributed by atoms with van der Waals surface area (Å²) in [5.41, 5.74) is 0.584. The van der Waals surface area contributed by atoms with Crippen LogP contribution in [0.2, 0.25) is 0 Å². The fourth-order valence-electron chi connectivity index (χ4n) is 2.70. The SMILES string of the molecule is O=C(O)C1CCCN(S(=O)(=O)N(CCO)Cc2ccc(F)cc2)C1. The van der Waals surface area contributed by atoms with Crippen molar-refractivity contribution < 1.29 is 27.8 Å². The van der Waals surface area contributed by atoms with Crippen LogP contribution in [0, 0.1) is 11.7 Å². The Kier molecular flexibility index (Phi) is 6.27. The second-order valence-electron chi connectivity index (χ2n) is 5.73. The van der Waals surface area contributed by atoms with Gasteiger partial charge in [-0.3, -0.25) is 4.79 Å². The number of aliphatic hydroxyl groups excluding tert-OH is 1. The zero-order valence-electron chi connectivity index (χ0n) is 13.1. The van der Waals surface area contributed by atoms with Crippen molar-refractivity contribution in [2.45, 2.75) is 19.4 Å². The van der Waals surface area contributed by atoms with Crippen LogP contribution in [-0.4, -0.2) is 59.5 Å². The molecule has 1 atom stereocenters. The van der Waals surface area contributed by atoms with Gasteiger partial charge < -0.3 is 10.2 Å². The van der Waals surface area contributed by atoms with E-state index >= 15 is 0 Å². The second kappa shape index (κ2) is 8.02. The number of hydrogen-bond acceptors (Lipinski definition) is 4. The summed E-state index contributed by atoms with van der Waals surface area (Å²) in [6.07, 6.45) is 0.916. The third-order valence-electron chi connectivity index (χ3n) is 4.01. The number of carboxylic acids is 1. The number of benzene rings is 1. The Balaban J connectivity index is 2.18. The van der Waals surface area contributed by atoms with Gasteiger partial charge in [0, 0.05) is 26.2 Å². The average molecular weight is 360 g/mol. The first-order chi connectivity index (χ1) is 11.3. The number of aliphatic hydroxyl groups is 1. The lowest BCUT2D eigenvalue weighted by Gasteiger charge is -2.34. The number of piperidine rings is 1. The van der Waals surface area contributed by atoms with E-state index in [4.69, 9.17) is 5.11 Å². The Bertz CT molecular complexity index is 665. The molecule has 1 saturated heterocycles. The lowest BCUT2D eigenvalue weighted by atomic mass is 10.0. The molecule has 0 aromatic heterocycles. The Morgan fingerprint density at radius 3 is 2.58 bits per heavy atom. The highest BCUT2D eigenvalue weighted by Crippen LogP contribution is 2.22. The summed E-state index contributed by atoms with van der Waals surface area (Å²) in [4.78, 5) is 11.1. The van der Waals surface area contributed by atoms with E-state index < -0.39 is 27.9 Å². The van der Waals surface area contributed by atoms with Gasteiger partial charge in [-0.15, -0.1) is 0 Å². The molecule has 1 aliphatic rings.